The summed E-state index contributed by atoms with van der Waals surface area (Å²) >= 11 is 3.41. The van der Waals surface area contributed by atoms with E-state index >= 15 is 0 Å². The minimum Gasteiger partial charge on any atom is -0.493 e. The van der Waals surface area contributed by atoms with Gasteiger partial charge in [-0.2, -0.15) is 0 Å². The van der Waals surface area contributed by atoms with E-state index in [1.807, 2.05) is 37.3 Å². The van der Waals surface area contributed by atoms with Crippen LogP contribution in [0, 0.1) is 10.5 Å². The van der Waals surface area contributed by atoms with Gasteiger partial charge < -0.3 is 14.6 Å². The zero-order valence-corrected chi connectivity index (χ0v) is 21.6. The Balaban J connectivity index is 1.93. The van der Waals surface area contributed by atoms with Gasteiger partial charge in [-0.3, -0.25) is 9.69 Å². The molecular weight excluding hydrogens is 555 g/mol. The highest BCUT2D eigenvalue weighted by atomic mass is 127. The van der Waals surface area contributed by atoms with Crippen molar-refractivity contribution in [3.8, 4) is 11.5 Å². The Morgan fingerprint density at radius 2 is 2.00 bits per heavy atom. The van der Waals surface area contributed by atoms with Gasteiger partial charge in [0.15, 0.2) is 23.3 Å². The lowest BCUT2D eigenvalue weighted by Crippen LogP contribution is -2.30. The predicted molar refractivity (Wildman–Crippen MR) is 139 cm³/mol. The van der Waals surface area contributed by atoms with Gasteiger partial charge in [-0.15, -0.1) is 0 Å². The van der Waals surface area contributed by atoms with Crippen molar-refractivity contribution < 1.29 is 24.2 Å². The number of amides is 1. The van der Waals surface area contributed by atoms with Crippen molar-refractivity contribution in [2.24, 2.45) is 4.99 Å². The van der Waals surface area contributed by atoms with Gasteiger partial charge in [-0.25, -0.2) is 9.79 Å². The van der Waals surface area contributed by atoms with E-state index in [9.17, 15) is 9.59 Å². The quantitative estimate of drug-likeness (QED) is 0.313. The van der Waals surface area contributed by atoms with E-state index in [1.165, 1.54) is 18.9 Å². The molecule has 1 N–H and O–H groups in total. The monoisotopic (exact) mass is 580 g/mol. The number of hydrogen-bond donors (Lipinski definition) is 1. The van der Waals surface area contributed by atoms with E-state index in [0.717, 1.165) is 29.7 Å². The second kappa shape index (κ2) is 11.6. The largest absolute Gasteiger partial charge is 0.493 e. The molecule has 1 amide bonds. The second-order valence-corrected chi connectivity index (χ2v) is 9.54. The number of carbonyl (C=O) groups is 2. The van der Waals surface area contributed by atoms with Crippen LogP contribution in [0.15, 0.2) is 46.3 Å². The van der Waals surface area contributed by atoms with Crippen molar-refractivity contribution in [3.05, 3.63) is 56.0 Å². The number of carbonyl (C=O) groups excluding carboxylic acids is 1. The number of nitrogens with zero attached hydrogens (tertiary/aromatic N) is 2. The number of aryl methyl sites for hydroxylation is 1. The van der Waals surface area contributed by atoms with Gasteiger partial charge in [0.2, 0.25) is 0 Å². The molecule has 0 saturated carbocycles. The summed E-state index contributed by atoms with van der Waals surface area (Å²) in [5.41, 5.74) is 2.70. The van der Waals surface area contributed by atoms with E-state index in [0.29, 0.717) is 31.7 Å². The summed E-state index contributed by atoms with van der Waals surface area (Å²) in [5, 5.41) is 9.56. The number of carboxylic acid groups (broad SMARTS) is 1. The third-order valence-corrected chi connectivity index (χ3v) is 6.58. The van der Waals surface area contributed by atoms with Gasteiger partial charge in [-0.1, -0.05) is 31.0 Å². The average Bonchev–Trinajstić information content (AvgIpc) is 3.06. The van der Waals surface area contributed by atoms with Crippen LogP contribution in [-0.4, -0.2) is 47.3 Å². The first-order valence-corrected chi connectivity index (χ1v) is 12.3. The van der Waals surface area contributed by atoms with Gasteiger partial charge in [0, 0.05) is 6.54 Å². The number of benzene rings is 2. The number of hydrogen-bond acceptors (Lipinski definition) is 6. The van der Waals surface area contributed by atoms with Crippen LogP contribution in [0.25, 0.3) is 6.08 Å². The molecule has 0 spiro atoms. The summed E-state index contributed by atoms with van der Waals surface area (Å²) in [4.78, 5) is 31.1. The Hall–Kier alpha value is -2.53. The number of halogens is 1. The lowest BCUT2D eigenvalue weighted by Gasteiger charge is -2.15. The van der Waals surface area contributed by atoms with Crippen LogP contribution in [0.1, 0.15) is 30.9 Å². The molecule has 7 nitrogen and oxygen atoms in total. The number of methoxy groups -OCH3 is 1. The standard InChI is InChI=1S/C24H25IN2O5S/c1-4-5-10-27-23(30)20(33-24(27)26-17-8-6-15(2)7-9-17)13-16-11-18(25)22(19(12-16)31-3)32-14-21(28)29/h6-9,11-13H,4-5,10,14H2,1-3H3,(H,28,29)/b20-13+,26-24?. The molecule has 1 fully saturated rings. The van der Waals surface area contributed by atoms with Crippen molar-refractivity contribution in [2.45, 2.75) is 26.7 Å². The average molecular weight is 580 g/mol. The number of aliphatic imine (C=N–C) groups is 1. The first kappa shape index (κ1) is 25.1. The van der Waals surface area contributed by atoms with E-state index in [1.54, 1.807) is 17.0 Å². The minimum atomic E-state index is -1.07. The van der Waals surface area contributed by atoms with Gasteiger partial charge in [0.05, 0.1) is 21.3 Å². The molecule has 0 aromatic heterocycles. The lowest BCUT2D eigenvalue weighted by atomic mass is 10.2. The maximum atomic E-state index is 13.2. The number of carboxylic acids is 1. The highest BCUT2D eigenvalue weighted by molar-refractivity contribution is 14.1. The van der Waals surface area contributed by atoms with Gasteiger partial charge in [0.1, 0.15) is 0 Å². The SMILES string of the molecule is CCCCN1C(=O)/C(=C\c2cc(I)c(OCC(=O)O)c(OC)c2)SC1=Nc1ccc(C)cc1. The van der Waals surface area contributed by atoms with Crippen molar-refractivity contribution in [1.29, 1.82) is 0 Å². The van der Waals surface area contributed by atoms with Crippen LogP contribution >= 0.6 is 34.4 Å². The molecule has 2 aromatic carbocycles. The minimum absolute atomic E-state index is 0.0838. The zero-order chi connectivity index (χ0) is 24.0. The number of ether oxygens (including phenoxy) is 2. The molecule has 3 rings (SSSR count). The number of unbranched alkanes of at least 4 members (excludes halogenated alkanes) is 1. The Morgan fingerprint density at radius 3 is 2.64 bits per heavy atom. The fraction of sp³-hybridized carbons (Fsp3) is 0.292. The number of aliphatic carboxylic acids is 1. The molecule has 174 valence electrons. The number of amidine groups is 1. The zero-order valence-electron chi connectivity index (χ0n) is 18.6. The molecule has 33 heavy (non-hydrogen) atoms. The third-order valence-electron chi connectivity index (χ3n) is 4.77. The van der Waals surface area contributed by atoms with Crippen molar-refractivity contribution >= 4 is 63.2 Å². The summed E-state index contributed by atoms with van der Waals surface area (Å²) in [5.74, 6) is -0.389. The van der Waals surface area contributed by atoms with Crippen molar-refractivity contribution in [2.75, 3.05) is 20.3 Å². The molecule has 1 aliphatic rings. The second-order valence-electron chi connectivity index (χ2n) is 7.37. The first-order valence-electron chi connectivity index (χ1n) is 10.4. The molecule has 1 saturated heterocycles. The molecule has 2 aromatic rings. The van der Waals surface area contributed by atoms with Gasteiger partial charge in [0.25, 0.3) is 5.91 Å². The maximum Gasteiger partial charge on any atom is 0.341 e. The fourth-order valence-corrected chi connectivity index (χ4v) is 4.89. The normalized spacial score (nSPS) is 16.0. The summed E-state index contributed by atoms with van der Waals surface area (Å²) < 4.78 is 11.5. The summed E-state index contributed by atoms with van der Waals surface area (Å²) in [6.07, 6.45) is 3.65. The van der Waals surface area contributed by atoms with Crippen molar-refractivity contribution in [1.82, 2.24) is 4.90 Å². The Kier molecular flexibility index (Phi) is 8.79. The highest BCUT2D eigenvalue weighted by Gasteiger charge is 2.33. The predicted octanol–water partition coefficient (Wildman–Crippen LogP) is 5.48. The van der Waals surface area contributed by atoms with Crippen molar-refractivity contribution in [3.63, 3.8) is 0 Å². The molecular formula is C24H25IN2O5S. The van der Waals surface area contributed by atoms with Crippen LogP contribution < -0.4 is 9.47 Å². The Labute approximate surface area is 211 Å². The molecule has 9 heteroatoms. The molecule has 1 heterocycles. The van der Waals surface area contributed by atoms with E-state index < -0.39 is 12.6 Å². The van der Waals surface area contributed by atoms with Gasteiger partial charge in [-0.05, 0) is 83.6 Å². The van der Waals surface area contributed by atoms with E-state index in [-0.39, 0.29) is 5.91 Å². The number of rotatable bonds is 9. The molecule has 0 atom stereocenters. The van der Waals surface area contributed by atoms with Crippen LogP contribution in [0.3, 0.4) is 0 Å². The maximum absolute atomic E-state index is 13.2. The summed E-state index contributed by atoms with van der Waals surface area (Å²) in [6, 6.07) is 11.4. The topological polar surface area (TPSA) is 88.4 Å². The van der Waals surface area contributed by atoms with Crippen LogP contribution in [0.5, 0.6) is 11.5 Å². The molecule has 0 radical (unpaired) electrons. The smallest absolute Gasteiger partial charge is 0.341 e. The van der Waals surface area contributed by atoms with E-state index in [2.05, 4.69) is 29.5 Å². The third kappa shape index (κ3) is 6.50. The Bertz CT molecular complexity index is 1100. The molecule has 1 aliphatic heterocycles. The molecule has 0 bridgehead atoms. The van der Waals surface area contributed by atoms with Crippen LogP contribution in [0.4, 0.5) is 5.69 Å². The van der Waals surface area contributed by atoms with E-state index in [4.69, 9.17) is 19.6 Å². The molecule has 0 unspecified atom stereocenters. The fourth-order valence-electron chi connectivity index (χ4n) is 3.08. The summed E-state index contributed by atoms with van der Waals surface area (Å²) in [6.45, 7) is 4.25. The first-order chi connectivity index (χ1) is 15.8. The van der Waals surface area contributed by atoms with Crippen LogP contribution in [-0.2, 0) is 9.59 Å². The van der Waals surface area contributed by atoms with Crippen LogP contribution in [0.2, 0.25) is 0 Å². The highest BCUT2D eigenvalue weighted by Crippen LogP contribution is 2.38. The summed E-state index contributed by atoms with van der Waals surface area (Å²) in [7, 11) is 1.49. The molecule has 0 aliphatic carbocycles. The number of thioether (sulfide) groups is 1. The lowest BCUT2D eigenvalue weighted by molar-refractivity contribution is -0.139. The van der Waals surface area contributed by atoms with Gasteiger partial charge >= 0.3 is 5.97 Å². The Morgan fingerprint density at radius 1 is 1.27 bits per heavy atom.